The average molecular weight is 226 g/mol. The van der Waals surface area contributed by atoms with E-state index in [1.165, 1.54) is 6.07 Å². The van der Waals surface area contributed by atoms with E-state index in [9.17, 15) is 13.6 Å². The molecular formula is C12H12F2O2. The number of halogens is 2. The van der Waals surface area contributed by atoms with Gasteiger partial charge < -0.3 is 4.74 Å². The number of rotatable bonds is 5. The molecule has 2 nitrogen and oxygen atoms in total. The van der Waals surface area contributed by atoms with Crippen LogP contribution in [0.3, 0.4) is 0 Å². The van der Waals surface area contributed by atoms with Gasteiger partial charge in [-0.15, -0.1) is 0 Å². The third-order valence-electron chi connectivity index (χ3n) is 2.04. The zero-order chi connectivity index (χ0) is 12.0. The lowest BCUT2D eigenvalue weighted by atomic mass is 10.1. The summed E-state index contributed by atoms with van der Waals surface area (Å²) >= 11 is 0. The van der Waals surface area contributed by atoms with Gasteiger partial charge in [0.25, 0.3) is 0 Å². The fraction of sp³-hybridized carbons (Fsp3) is 0.250. The highest BCUT2D eigenvalue weighted by Crippen LogP contribution is 2.22. The molecule has 0 aromatic heterocycles. The molecule has 0 heterocycles. The predicted molar refractivity (Wildman–Crippen MR) is 57.4 cm³/mol. The Morgan fingerprint density at radius 2 is 2.12 bits per heavy atom. The minimum Gasteiger partial charge on any atom is -0.434 e. The lowest BCUT2D eigenvalue weighted by molar-refractivity contribution is -0.104. The summed E-state index contributed by atoms with van der Waals surface area (Å²) in [5.74, 6) is 0.0744. The second kappa shape index (κ2) is 6.00. The Morgan fingerprint density at radius 1 is 1.44 bits per heavy atom. The maximum Gasteiger partial charge on any atom is 0.387 e. The zero-order valence-corrected chi connectivity index (χ0v) is 8.82. The molecule has 0 aliphatic carbocycles. The van der Waals surface area contributed by atoms with E-state index in [0.29, 0.717) is 23.8 Å². The molecule has 0 N–H and O–H groups in total. The third kappa shape index (κ3) is 3.46. The Hall–Kier alpha value is -1.71. The molecule has 0 fully saturated rings. The maximum atomic E-state index is 12.1. The molecule has 0 amide bonds. The van der Waals surface area contributed by atoms with Gasteiger partial charge in [-0.2, -0.15) is 8.78 Å². The molecule has 1 rings (SSSR count). The van der Waals surface area contributed by atoms with Gasteiger partial charge in [0.1, 0.15) is 12.0 Å². The number of allylic oxidation sites excluding steroid dienone is 1. The van der Waals surface area contributed by atoms with Crippen LogP contribution in [-0.2, 0) is 4.79 Å². The quantitative estimate of drug-likeness (QED) is 0.569. The molecule has 16 heavy (non-hydrogen) atoms. The van der Waals surface area contributed by atoms with Gasteiger partial charge in [-0.25, -0.2) is 0 Å². The summed E-state index contributed by atoms with van der Waals surface area (Å²) in [7, 11) is 0. The van der Waals surface area contributed by atoms with Gasteiger partial charge in [-0.3, -0.25) is 4.79 Å². The van der Waals surface area contributed by atoms with Gasteiger partial charge in [0.2, 0.25) is 0 Å². The average Bonchev–Trinajstić information content (AvgIpc) is 2.27. The van der Waals surface area contributed by atoms with Crippen LogP contribution in [0.25, 0.3) is 6.08 Å². The number of carbonyl (C=O) groups excluding carboxylic acids is 1. The lowest BCUT2D eigenvalue weighted by Gasteiger charge is -2.07. The monoisotopic (exact) mass is 226 g/mol. The molecule has 0 spiro atoms. The minimum absolute atomic E-state index is 0.0744. The molecule has 0 saturated heterocycles. The number of alkyl halides is 2. The normalized spacial score (nSPS) is 11.6. The van der Waals surface area contributed by atoms with Gasteiger partial charge >= 0.3 is 6.61 Å². The first kappa shape index (κ1) is 12.4. The molecule has 0 radical (unpaired) electrons. The Kier molecular flexibility index (Phi) is 4.64. The second-order valence-corrected chi connectivity index (χ2v) is 3.11. The minimum atomic E-state index is -2.86. The Balaban J connectivity index is 3.03. The van der Waals surface area contributed by atoms with Crippen LogP contribution in [0, 0.1) is 0 Å². The summed E-state index contributed by atoms with van der Waals surface area (Å²) in [5, 5.41) is 0. The van der Waals surface area contributed by atoms with Crippen LogP contribution in [0.15, 0.2) is 29.8 Å². The van der Waals surface area contributed by atoms with Crippen LogP contribution in [0.5, 0.6) is 5.75 Å². The molecule has 0 bridgehead atoms. The van der Waals surface area contributed by atoms with Crippen LogP contribution in [0.4, 0.5) is 8.78 Å². The summed E-state index contributed by atoms with van der Waals surface area (Å²) in [6, 6.07) is 6.36. The van der Waals surface area contributed by atoms with Crippen molar-refractivity contribution >= 4 is 12.4 Å². The van der Waals surface area contributed by atoms with Crippen LogP contribution in [0.1, 0.15) is 18.9 Å². The fourth-order valence-corrected chi connectivity index (χ4v) is 1.22. The number of benzene rings is 1. The molecule has 0 saturated carbocycles. The topological polar surface area (TPSA) is 26.3 Å². The molecule has 4 heteroatoms. The van der Waals surface area contributed by atoms with Crippen LogP contribution >= 0.6 is 0 Å². The van der Waals surface area contributed by atoms with Crippen molar-refractivity contribution in [1.29, 1.82) is 0 Å². The van der Waals surface area contributed by atoms with Gasteiger partial charge in [0.15, 0.2) is 0 Å². The first-order valence-corrected chi connectivity index (χ1v) is 4.87. The fourth-order valence-electron chi connectivity index (χ4n) is 1.22. The summed E-state index contributed by atoms with van der Waals surface area (Å²) in [6.07, 6.45) is 2.80. The van der Waals surface area contributed by atoms with Crippen LogP contribution in [0.2, 0.25) is 0 Å². The number of aldehydes is 1. The SMILES string of the molecule is CCC(C=O)=Cc1ccccc1OC(F)F. The Morgan fingerprint density at radius 3 is 2.69 bits per heavy atom. The smallest absolute Gasteiger partial charge is 0.387 e. The van der Waals surface area contributed by atoms with Gasteiger partial charge in [-0.1, -0.05) is 25.1 Å². The Bertz CT molecular complexity index is 386. The predicted octanol–water partition coefficient (Wildman–Crippen LogP) is 3.28. The van der Waals surface area contributed by atoms with Crippen molar-refractivity contribution in [3.05, 3.63) is 35.4 Å². The summed E-state index contributed by atoms with van der Waals surface area (Å²) in [6.45, 7) is -1.05. The highest BCUT2D eigenvalue weighted by atomic mass is 19.3. The van der Waals surface area contributed by atoms with E-state index < -0.39 is 6.61 Å². The van der Waals surface area contributed by atoms with Gasteiger partial charge in [-0.05, 0) is 24.1 Å². The first-order valence-electron chi connectivity index (χ1n) is 4.87. The van der Waals surface area contributed by atoms with E-state index in [4.69, 9.17) is 0 Å². The van der Waals surface area contributed by atoms with Crippen molar-refractivity contribution in [2.24, 2.45) is 0 Å². The summed E-state index contributed by atoms with van der Waals surface area (Å²) < 4.78 is 28.5. The van der Waals surface area contributed by atoms with Gasteiger partial charge in [0, 0.05) is 5.56 Å². The molecule has 86 valence electrons. The maximum absolute atomic E-state index is 12.1. The second-order valence-electron chi connectivity index (χ2n) is 3.11. The highest BCUT2D eigenvalue weighted by molar-refractivity contribution is 5.82. The number of para-hydroxylation sites is 1. The summed E-state index contributed by atoms with van der Waals surface area (Å²) in [5.41, 5.74) is 1.01. The number of hydrogen-bond acceptors (Lipinski definition) is 2. The highest BCUT2D eigenvalue weighted by Gasteiger charge is 2.07. The number of ether oxygens (including phenoxy) is 1. The summed E-state index contributed by atoms with van der Waals surface area (Å²) in [4.78, 5) is 10.6. The van der Waals surface area contributed by atoms with E-state index in [1.54, 1.807) is 24.3 Å². The first-order chi connectivity index (χ1) is 7.67. The van der Waals surface area contributed by atoms with Crippen molar-refractivity contribution in [2.75, 3.05) is 0 Å². The standard InChI is InChI=1S/C12H12F2O2/c1-2-9(8-15)7-10-5-3-4-6-11(10)16-12(13)14/h3-8,12H,2H2,1H3. The van der Waals surface area contributed by atoms with E-state index in [-0.39, 0.29) is 5.75 Å². The number of hydrogen-bond donors (Lipinski definition) is 0. The number of carbonyl (C=O) groups is 1. The van der Waals surface area contributed by atoms with E-state index >= 15 is 0 Å². The van der Waals surface area contributed by atoms with Gasteiger partial charge in [0.05, 0.1) is 0 Å². The van der Waals surface area contributed by atoms with E-state index in [1.807, 2.05) is 6.92 Å². The van der Waals surface area contributed by atoms with Crippen LogP contribution in [-0.4, -0.2) is 12.9 Å². The van der Waals surface area contributed by atoms with E-state index in [0.717, 1.165) is 0 Å². The van der Waals surface area contributed by atoms with Crippen molar-refractivity contribution in [2.45, 2.75) is 20.0 Å². The molecule has 0 aliphatic rings. The van der Waals surface area contributed by atoms with Crippen molar-refractivity contribution < 1.29 is 18.3 Å². The molecule has 0 unspecified atom stereocenters. The molecular weight excluding hydrogens is 214 g/mol. The largest absolute Gasteiger partial charge is 0.434 e. The Labute approximate surface area is 92.5 Å². The third-order valence-corrected chi connectivity index (χ3v) is 2.04. The lowest BCUT2D eigenvalue weighted by Crippen LogP contribution is -2.03. The van der Waals surface area contributed by atoms with E-state index in [2.05, 4.69) is 4.74 Å². The van der Waals surface area contributed by atoms with Crippen molar-refractivity contribution in [3.8, 4) is 5.75 Å². The molecule has 1 aromatic carbocycles. The zero-order valence-electron chi connectivity index (χ0n) is 8.82. The van der Waals surface area contributed by atoms with Crippen molar-refractivity contribution in [3.63, 3.8) is 0 Å². The van der Waals surface area contributed by atoms with Crippen molar-refractivity contribution in [1.82, 2.24) is 0 Å². The molecule has 0 atom stereocenters. The van der Waals surface area contributed by atoms with Crippen LogP contribution < -0.4 is 4.74 Å². The molecule has 0 aliphatic heterocycles. The molecule has 1 aromatic rings.